The smallest absolute Gasteiger partial charge is 0.241 e. The number of amides is 1. The van der Waals surface area contributed by atoms with Crippen LogP contribution in [0, 0.1) is 5.92 Å². The highest BCUT2D eigenvalue weighted by Crippen LogP contribution is 2.34. The van der Waals surface area contributed by atoms with Crippen molar-refractivity contribution in [1.82, 2.24) is 10.2 Å². The first-order valence-electron chi connectivity index (χ1n) is 9.29. The molecular formula is C19H27N3OS. The van der Waals surface area contributed by atoms with Gasteiger partial charge in [-0.1, -0.05) is 12.1 Å². The van der Waals surface area contributed by atoms with Crippen molar-refractivity contribution in [3.05, 3.63) is 24.3 Å². The number of nitrogens with one attached hydrogen (secondary N) is 1. The SMILES string of the molecule is O=C(CN1CCC(C2CCCN2)CC1)N1CCSc2ccccc21. The fourth-order valence-electron chi connectivity index (χ4n) is 4.33. The first-order chi connectivity index (χ1) is 11.8. The molecule has 0 spiro atoms. The molecule has 3 heterocycles. The number of fused-ring (bicyclic) bond motifs is 1. The number of benzene rings is 1. The van der Waals surface area contributed by atoms with Gasteiger partial charge in [0.1, 0.15) is 0 Å². The van der Waals surface area contributed by atoms with Crippen LogP contribution in [0.15, 0.2) is 29.2 Å². The number of anilines is 1. The maximum atomic E-state index is 12.8. The van der Waals surface area contributed by atoms with Gasteiger partial charge in [-0.15, -0.1) is 11.8 Å². The van der Waals surface area contributed by atoms with Gasteiger partial charge in [0.05, 0.1) is 12.2 Å². The highest BCUT2D eigenvalue weighted by atomic mass is 32.2. The van der Waals surface area contributed by atoms with Crippen LogP contribution in [-0.4, -0.2) is 55.3 Å². The van der Waals surface area contributed by atoms with Gasteiger partial charge in [0.25, 0.3) is 0 Å². The predicted octanol–water partition coefficient (Wildman–Crippen LogP) is 2.59. The average Bonchev–Trinajstić information content (AvgIpc) is 3.16. The summed E-state index contributed by atoms with van der Waals surface area (Å²) in [5.74, 6) is 2.07. The summed E-state index contributed by atoms with van der Waals surface area (Å²) in [6.45, 7) is 4.74. The number of hydrogen-bond donors (Lipinski definition) is 1. The van der Waals surface area contributed by atoms with Gasteiger partial charge in [-0.25, -0.2) is 0 Å². The van der Waals surface area contributed by atoms with E-state index in [9.17, 15) is 4.79 Å². The Hall–Kier alpha value is -1.04. The molecule has 1 N–H and O–H groups in total. The van der Waals surface area contributed by atoms with Crippen LogP contribution in [0.5, 0.6) is 0 Å². The Morgan fingerprint density at radius 2 is 2.00 bits per heavy atom. The topological polar surface area (TPSA) is 35.6 Å². The lowest BCUT2D eigenvalue weighted by molar-refractivity contribution is -0.120. The van der Waals surface area contributed by atoms with Crippen LogP contribution in [0.3, 0.4) is 0 Å². The van der Waals surface area contributed by atoms with Gasteiger partial charge < -0.3 is 10.2 Å². The van der Waals surface area contributed by atoms with Crippen molar-refractivity contribution >= 4 is 23.4 Å². The van der Waals surface area contributed by atoms with E-state index in [0.717, 1.165) is 43.0 Å². The zero-order valence-corrected chi connectivity index (χ0v) is 15.1. The van der Waals surface area contributed by atoms with Crippen molar-refractivity contribution in [2.24, 2.45) is 5.92 Å². The van der Waals surface area contributed by atoms with E-state index >= 15 is 0 Å². The summed E-state index contributed by atoms with van der Waals surface area (Å²) >= 11 is 1.86. The highest BCUT2D eigenvalue weighted by molar-refractivity contribution is 7.99. The van der Waals surface area contributed by atoms with E-state index < -0.39 is 0 Å². The Balaban J connectivity index is 1.33. The number of thioether (sulfide) groups is 1. The molecule has 1 aromatic carbocycles. The van der Waals surface area contributed by atoms with Crippen molar-refractivity contribution in [2.75, 3.05) is 43.4 Å². The zero-order valence-electron chi connectivity index (χ0n) is 14.2. The van der Waals surface area contributed by atoms with Crippen molar-refractivity contribution in [2.45, 2.75) is 36.6 Å². The molecule has 3 aliphatic rings. The fourth-order valence-corrected chi connectivity index (χ4v) is 5.33. The molecule has 3 aliphatic heterocycles. The van der Waals surface area contributed by atoms with Crippen LogP contribution in [0.25, 0.3) is 0 Å². The Labute approximate surface area is 149 Å². The minimum absolute atomic E-state index is 0.264. The Kier molecular flexibility index (Phi) is 5.11. The third kappa shape index (κ3) is 3.48. The Bertz CT molecular complexity index is 580. The van der Waals surface area contributed by atoms with Gasteiger partial charge in [-0.2, -0.15) is 0 Å². The molecule has 2 saturated heterocycles. The summed E-state index contributed by atoms with van der Waals surface area (Å²) in [4.78, 5) is 18.4. The number of carbonyl (C=O) groups is 1. The lowest BCUT2D eigenvalue weighted by Crippen LogP contribution is -2.47. The molecule has 1 atom stereocenters. The third-order valence-electron chi connectivity index (χ3n) is 5.69. The third-order valence-corrected chi connectivity index (χ3v) is 6.73. The maximum Gasteiger partial charge on any atom is 0.241 e. The number of rotatable bonds is 3. The molecular weight excluding hydrogens is 318 g/mol. The second-order valence-electron chi connectivity index (χ2n) is 7.18. The number of likely N-dealkylation sites (tertiary alicyclic amines) is 1. The van der Waals surface area contributed by atoms with E-state index in [1.807, 2.05) is 22.7 Å². The first-order valence-corrected chi connectivity index (χ1v) is 10.3. The van der Waals surface area contributed by atoms with E-state index in [1.165, 1.54) is 37.1 Å². The Morgan fingerprint density at radius 3 is 2.79 bits per heavy atom. The van der Waals surface area contributed by atoms with Crippen LogP contribution in [0.2, 0.25) is 0 Å². The molecule has 1 aromatic rings. The van der Waals surface area contributed by atoms with Crippen LogP contribution < -0.4 is 10.2 Å². The standard InChI is InChI=1S/C19H27N3OS/c23-19(22-12-13-24-18-6-2-1-5-17(18)22)14-21-10-7-15(8-11-21)16-4-3-9-20-16/h1-2,5-6,15-16,20H,3-4,7-14H2. The van der Waals surface area contributed by atoms with E-state index in [-0.39, 0.29) is 5.91 Å². The number of carbonyl (C=O) groups excluding carboxylic acids is 1. The van der Waals surface area contributed by atoms with Gasteiger partial charge in [0.15, 0.2) is 0 Å². The molecule has 0 aliphatic carbocycles. The van der Waals surface area contributed by atoms with Crippen LogP contribution in [0.1, 0.15) is 25.7 Å². The average molecular weight is 346 g/mol. The zero-order chi connectivity index (χ0) is 16.4. The maximum absolute atomic E-state index is 12.8. The molecule has 5 heteroatoms. The van der Waals surface area contributed by atoms with Crippen molar-refractivity contribution < 1.29 is 4.79 Å². The molecule has 4 rings (SSSR count). The van der Waals surface area contributed by atoms with Gasteiger partial charge in [0.2, 0.25) is 5.91 Å². The minimum Gasteiger partial charge on any atom is -0.314 e. The second kappa shape index (κ2) is 7.46. The Morgan fingerprint density at radius 1 is 1.17 bits per heavy atom. The molecule has 4 nitrogen and oxygen atoms in total. The van der Waals surface area contributed by atoms with Gasteiger partial charge in [0, 0.05) is 23.2 Å². The number of piperidine rings is 1. The van der Waals surface area contributed by atoms with Gasteiger partial charge in [-0.05, 0) is 63.4 Å². The highest BCUT2D eigenvalue weighted by Gasteiger charge is 2.30. The predicted molar refractivity (Wildman–Crippen MR) is 99.7 cm³/mol. The normalized spacial score (nSPS) is 25.7. The lowest BCUT2D eigenvalue weighted by Gasteiger charge is -2.36. The quantitative estimate of drug-likeness (QED) is 0.913. The monoisotopic (exact) mass is 345 g/mol. The van der Waals surface area contributed by atoms with Crippen molar-refractivity contribution in [3.63, 3.8) is 0 Å². The van der Waals surface area contributed by atoms with Gasteiger partial charge in [-0.3, -0.25) is 9.69 Å². The van der Waals surface area contributed by atoms with Crippen LogP contribution in [-0.2, 0) is 4.79 Å². The fraction of sp³-hybridized carbons (Fsp3) is 0.632. The van der Waals surface area contributed by atoms with E-state index in [4.69, 9.17) is 0 Å². The molecule has 1 unspecified atom stereocenters. The molecule has 130 valence electrons. The molecule has 0 bridgehead atoms. The van der Waals surface area contributed by atoms with Crippen LogP contribution in [0.4, 0.5) is 5.69 Å². The number of hydrogen-bond acceptors (Lipinski definition) is 4. The van der Waals surface area contributed by atoms with Gasteiger partial charge >= 0.3 is 0 Å². The molecule has 24 heavy (non-hydrogen) atoms. The number of nitrogens with zero attached hydrogens (tertiary/aromatic N) is 2. The summed E-state index contributed by atoms with van der Waals surface area (Å²) in [5.41, 5.74) is 1.10. The number of para-hydroxylation sites is 1. The largest absolute Gasteiger partial charge is 0.314 e. The summed E-state index contributed by atoms with van der Waals surface area (Å²) in [6, 6.07) is 9.03. The minimum atomic E-state index is 0.264. The second-order valence-corrected chi connectivity index (χ2v) is 8.31. The summed E-state index contributed by atoms with van der Waals surface area (Å²) in [5, 5.41) is 3.65. The van der Waals surface area contributed by atoms with Crippen LogP contribution >= 0.6 is 11.8 Å². The van der Waals surface area contributed by atoms with Crippen molar-refractivity contribution in [1.29, 1.82) is 0 Å². The van der Waals surface area contributed by atoms with E-state index in [2.05, 4.69) is 28.4 Å². The van der Waals surface area contributed by atoms with E-state index in [0.29, 0.717) is 6.54 Å². The molecule has 0 aromatic heterocycles. The first kappa shape index (κ1) is 16.4. The summed E-state index contributed by atoms with van der Waals surface area (Å²) in [7, 11) is 0. The summed E-state index contributed by atoms with van der Waals surface area (Å²) in [6.07, 6.45) is 5.14. The van der Waals surface area contributed by atoms with E-state index in [1.54, 1.807) is 0 Å². The lowest BCUT2D eigenvalue weighted by atomic mass is 9.88. The summed E-state index contributed by atoms with van der Waals surface area (Å²) < 4.78 is 0. The molecule has 1 amide bonds. The molecule has 0 radical (unpaired) electrons. The van der Waals surface area contributed by atoms with Crippen molar-refractivity contribution in [3.8, 4) is 0 Å². The molecule has 0 saturated carbocycles. The molecule has 2 fully saturated rings.